The molecular weight excluding hydrogens is 495 g/mol. The van der Waals surface area contributed by atoms with Crippen LogP contribution >= 0.6 is 0 Å². The molecule has 1 heterocycles. The fourth-order valence-electron chi connectivity index (χ4n) is 3.96. The monoisotopic (exact) mass is 539 g/mol. The van der Waals surface area contributed by atoms with E-state index in [-0.39, 0.29) is 23.5 Å². The molecule has 10 heteroatoms. The van der Waals surface area contributed by atoms with Gasteiger partial charge in [0.15, 0.2) is 0 Å². The Labute approximate surface area is 225 Å². The van der Waals surface area contributed by atoms with Crippen LogP contribution in [0.4, 0.5) is 24.8 Å². The van der Waals surface area contributed by atoms with Crippen molar-refractivity contribution in [3.8, 4) is 5.75 Å². The Balaban J connectivity index is 0.000000393. The number of alkyl halides is 3. The number of hydrogen-bond acceptors (Lipinski definition) is 6. The number of primary amides is 1. The Hall–Kier alpha value is -2.88. The maximum absolute atomic E-state index is 12.7. The minimum absolute atomic E-state index is 0.00926. The molecule has 7 nitrogen and oxygen atoms in total. The van der Waals surface area contributed by atoms with E-state index in [1.165, 1.54) is 59.0 Å². The highest BCUT2D eigenvalue weighted by Crippen LogP contribution is 2.32. The number of aryl methyl sites for hydroxylation is 1. The predicted molar refractivity (Wildman–Crippen MR) is 146 cm³/mol. The third-order valence-electron chi connectivity index (χ3n) is 6.17. The van der Waals surface area contributed by atoms with Crippen LogP contribution in [0.1, 0.15) is 82.5 Å². The zero-order chi connectivity index (χ0) is 28.7. The van der Waals surface area contributed by atoms with Crippen molar-refractivity contribution in [3.63, 3.8) is 0 Å². The molecule has 1 aromatic heterocycles. The summed E-state index contributed by atoms with van der Waals surface area (Å²) < 4.78 is 43.4. The average Bonchev–Trinajstić information content (AvgIpc) is 2.86. The molecule has 38 heavy (non-hydrogen) atoms. The SMILES string of the molecule is CC(C)C(N)=O.CCCC1CCCCC1.CNCc1ccc(Nc2ncc(C(F)(F)F)c(C)n2)c(OC)c1. The van der Waals surface area contributed by atoms with Crippen molar-refractivity contribution in [2.45, 2.75) is 85.4 Å². The lowest BCUT2D eigenvalue weighted by molar-refractivity contribution is -0.138. The molecule has 0 aliphatic heterocycles. The molecule has 0 unspecified atom stereocenters. The van der Waals surface area contributed by atoms with Crippen molar-refractivity contribution < 1.29 is 22.7 Å². The quantitative estimate of drug-likeness (QED) is 0.342. The first-order valence-corrected chi connectivity index (χ1v) is 13.2. The van der Waals surface area contributed by atoms with Gasteiger partial charge in [0.1, 0.15) is 5.75 Å². The van der Waals surface area contributed by atoms with Gasteiger partial charge in [0.05, 0.1) is 24.1 Å². The molecule has 3 rings (SSSR count). The Morgan fingerprint density at radius 3 is 2.32 bits per heavy atom. The number of benzene rings is 1. The van der Waals surface area contributed by atoms with Crippen LogP contribution < -0.4 is 21.1 Å². The molecule has 1 aliphatic carbocycles. The number of halogens is 3. The van der Waals surface area contributed by atoms with E-state index >= 15 is 0 Å². The van der Waals surface area contributed by atoms with Gasteiger partial charge in [0, 0.05) is 18.7 Å². The van der Waals surface area contributed by atoms with E-state index in [2.05, 4.69) is 27.5 Å². The molecule has 0 radical (unpaired) electrons. The number of nitrogens with one attached hydrogen (secondary N) is 2. The molecular formula is C28H44F3N5O2. The van der Waals surface area contributed by atoms with Gasteiger partial charge in [0.25, 0.3) is 0 Å². The van der Waals surface area contributed by atoms with Gasteiger partial charge in [-0.15, -0.1) is 0 Å². The number of ether oxygens (including phenoxy) is 1. The first-order chi connectivity index (χ1) is 17.9. The van der Waals surface area contributed by atoms with Crippen molar-refractivity contribution in [1.29, 1.82) is 0 Å². The fraction of sp³-hybridized carbons (Fsp3) is 0.607. The van der Waals surface area contributed by atoms with Crippen molar-refractivity contribution in [2.75, 3.05) is 19.5 Å². The van der Waals surface area contributed by atoms with Gasteiger partial charge in [-0.3, -0.25) is 4.79 Å². The van der Waals surface area contributed by atoms with Gasteiger partial charge >= 0.3 is 6.18 Å². The minimum atomic E-state index is -4.46. The number of carbonyl (C=O) groups is 1. The molecule has 1 aliphatic rings. The number of amides is 1. The molecule has 4 N–H and O–H groups in total. The molecule has 1 saturated carbocycles. The number of aromatic nitrogens is 2. The van der Waals surface area contributed by atoms with E-state index < -0.39 is 11.7 Å². The third-order valence-corrected chi connectivity index (χ3v) is 6.17. The highest BCUT2D eigenvalue weighted by Gasteiger charge is 2.33. The second-order valence-electron chi connectivity index (χ2n) is 9.73. The van der Waals surface area contributed by atoms with Crippen molar-refractivity contribution in [2.24, 2.45) is 17.6 Å². The summed E-state index contributed by atoms with van der Waals surface area (Å²) in [5, 5.41) is 5.90. The van der Waals surface area contributed by atoms with Crippen molar-refractivity contribution >= 4 is 17.5 Å². The van der Waals surface area contributed by atoms with Gasteiger partial charge in [-0.25, -0.2) is 9.97 Å². The van der Waals surface area contributed by atoms with Crippen LogP contribution in [-0.2, 0) is 17.5 Å². The van der Waals surface area contributed by atoms with Crippen molar-refractivity contribution in [1.82, 2.24) is 15.3 Å². The molecule has 0 spiro atoms. The molecule has 0 saturated heterocycles. The summed E-state index contributed by atoms with van der Waals surface area (Å²) >= 11 is 0. The third kappa shape index (κ3) is 12.1. The first-order valence-electron chi connectivity index (χ1n) is 13.2. The van der Waals surface area contributed by atoms with E-state index in [1.54, 1.807) is 19.9 Å². The molecule has 0 atom stereocenters. The fourth-order valence-corrected chi connectivity index (χ4v) is 3.96. The highest BCUT2D eigenvalue weighted by molar-refractivity contribution is 5.75. The highest BCUT2D eigenvalue weighted by atomic mass is 19.4. The number of rotatable bonds is 8. The lowest BCUT2D eigenvalue weighted by Crippen LogP contribution is -2.17. The predicted octanol–water partition coefficient (Wildman–Crippen LogP) is 6.77. The van der Waals surface area contributed by atoms with Gasteiger partial charge < -0.3 is 21.1 Å². The smallest absolute Gasteiger partial charge is 0.419 e. The molecule has 214 valence electrons. The van der Waals surface area contributed by atoms with Crippen LogP contribution in [0.25, 0.3) is 0 Å². The average molecular weight is 540 g/mol. The summed E-state index contributed by atoms with van der Waals surface area (Å²) in [6, 6.07) is 5.47. The van der Waals surface area contributed by atoms with Crippen LogP contribution in [0.5, 0.6) is 5.75 Å². The molecule has 0 bridgehead atoms. The summed E-state index contributed by atoms with van der Waals surface area (Å²) in [6.45, 7) is 7.80. The number of anilines is 2. The summed E-state index contributed by atoms with van der Waals surface area (Å²) in [5.41, 5.74) is 5.40. The van der Waals surface area contributed by atoms with Gasteiger partial charge in [-0.1, -0.05) is 71.8 Å². The maximum atomic E-state index is 12.7. The van der Waals surface area contributed by atoms with Crippen molar-refractivity contribution in [3.05, 3.63) is 41.2 Å². The standard InChI is InChI=1S/C15H17F3N4O.C9H18.C4H9NO/c1-9-11(15(16,17)18)8-20-14(21-9)22-12-5-4-10(7-19-2)6-13(12)23-3;1-2-6-9-7-4-3-5-8-9;1-3(2)4(5)6/h4-6,8,19H,7H2,1-3H3,(H,20,21,22);9H,2-8H2,1H3;3H,1-2H3,(H2,5,6). The zero-order valence-electron chi connectivity index (χ0n) is 23.5. The number of carbonyl (C=O) groups excluding carboxylic acids is 1. The number of hydrogen-bond donors (Lipinski definition) is 3. The normalized spacial score (nSPS) is 13.6. The Bertz CT molecular complexity index is 975. The van der Waals surface area contributed by atoms with Gasteiger partial charge in [0.2, 0.25) is 11.9 Å². The van der Waals surface area contributed by atoms with Gasteiger partial charge in [-0.2, -0.15) is 13.2 Å². The van der Waals surface area contributed by atoms with E-state index in [0.29, 0.717) is 18.0 Å². The molecule has 1 fully saturated rings. The van der Waals surface area contributed by atoms with E-state index in [0.717, 1.165) is 17.7 Å². The van der Waals surface area contributed by atoms with Crippen LogP contribution in [0.2, 0.25) is 0 Å². The van der Waals surface area contributed by atoms with E-state index in [1.807, 2.05) is 19.2 Å². The lowest BCUT2D eigenvalue weighted by atomic mass is 9.86. The summed E-state index contributed by atoms with van der Waals surface area (Å²) in [5.74, 6) is 1.48. The zero-order valence-corrected chi connectivity index (χ0v) is 23.5. The van der Waals surface area contributed by atoms with E-state index in [4.69, 9.17) is 10.5 Å². The summed E-state index contributed by atoms with van der Waals surface area (Å²) in [4.78, 5) is 17.5. The summed E-state index contributed by atoms with van der Waals surface area (Å²) in [6.07, 6.45) is 6.74. The lowest BCUT2D eigenvalue weighted by Gasteiger charge is -2.20. The maximum Gasteiger partial charge on any atom is 0.419 e. The first kappa shape index (κ1) is 33.1. The van der Waals surface area contributed by atoms with Crippen LogP contribution in [-0.4, -0.2) is 30.0 Å². The summed E-state index contributed by atoms with van der Waals surface area (Å²) in [7, 11) is 3.35. The second-order valence-corrected chi connectivity index (χ2v) is 9.73. The Morgan fingerprint density at radius 1 is 1.21 bits per heavy atom. The van der Waals surface area contributed by atoms with Crippen LogP contribution in [0, 0.1) is 18.8 Å². The molecule has 1 amide bonds. The van der Waals surface area contributed by atoms with Gasteiger partial charge in [-0.05, 0) is 37.6 Å². The largest absolute Gasteiger partial charge is 0.495 e. The van der Waals surface area contributed by atoms with Crippen LogP contribution in [0.3, 0.4) is 0 Å². The minimum Gasteiger partial charge on any atom is -0.495 e. The second kappa shape index (κ2) is 16.9. The Kier molecular flexibility index (Phi) is 14.7. The number of methoxy groups -OCH3 is 1. The molecule has 2 aromatic rings. The Morgan fingerprint density at radius 2 is 1.84 bits per heavy atom. The number of nitrogens with zero attached hydrogens (tertiary/aromatic N) is 2. The topological polar surface area (TPSA) is 102 Å². The number of nitrogens with two attached hydrogens (primary N) is 1. The van der Waals surface area contributed by atoms with Crippen LogP contribution in [0.15, 0.2) is 24.4 Å². The van der Waals surface area contributed by atoms with E-state index in [9.17, 15) is 18.0 Å². The molecule has 1 aromatic carbocycles.